The van der Waals surface area contributed by atoms with E-state index in [1.165, 1.54) is 6.42 Å². The summed E-state index contributed by atoms with van der Waals surface area (Å²) in [6.07, 6.45) is 7.69. The molecule has 0 radical (unpaired) electrons. The number of aliphatic hydroxyl groups excluding tert-OH is 1. The van der Waals surface area contributed by atoms with Gasteiger partial charge < -0.3 is 5.11 Å². The van der Waals surface area contributed by atoms with Crippen LogP contribution in [-0.4, -0.2) is 17.5 Å². The molecule has 0 spiro atoms. The molecule has 2 atom stereocenters. The van der Waals surface area contributed by atoms with E-state index in [0.29, 0.717) is 5.78 Å². The van der Waals surface area contributed by atoms with Crippen LogP contribution in [-0.2, 0) is 4.79 Å². The van der Waals surface area contributed by atoms with Crippen LogP contribution in [0.15, 0.2) is 12.2 Å². The van der Waals surface area contributed by atoms with Crippen molar-refractivity contribution in [3.63, 3.8) is 0 Å². The maximum absolute atomic E-state index is 11.6. The number of Topliss-reactive ketones (excluding diaryl/α,β-unsaturated/α-hetero) is 1. The Morgan fingerprint density at radius 2 is 2.23 bits per heavy atom. The van der Waals surface area contributed by atoms with Gasteiger partial charge >= 0.3 is 0 Å². The summed E-state index contributed by atoms with van der Waals surface area (Å²) in [6, 6.07) is 0. The SMILES string of the molecule is CC1CCCC(C/C=C\CO)C1=O. The Bertz CT molecular complexity index is 196. The fourth-order valence-electron chi connectivity index (χ4n) is 1.93. The van der Waals surface area contributed by atoms with Gasteiger partial charge in [0.2, 0.25) is 0 Å². The molecule has 74 valence electrons. The summed E-state index contributed by atoms with van der Waals surface area (Å²) in [4.78, 5) is 11.6. The average Bonchev–Trinajstić information content (AvgIpc) is 2.13. The van der Waals surface area contributed by atoms with Gasteiger partial charge in [0.1, 0.15) is 5.78 Å². The Labute approximate surface area is 79.6 Å². The zero-order valence-corrected chi connectivity index (χ0v) is 8.20. The van der Waals surface area contributed by atoms with Crippen molar-refractivity contribution in [1.82, 2.24) is 0 Å². The summed E-state index contributed by atoms with van der Waals surface area (Å²) in [7, 11) is 0. The van der Waals surface area contributed by atoms with E-state index in [2.05, 4.69) is 0 Å². The van der Waals surface area contributed by atoms with Crippen LogP contribution in [0.2, 0.25) is 0 Å². The number of carbonyl (C=O) groups is 1. The molecule has 0 aliphatic heterocycles. The quantitative estimate of drug-likeness (QED) is 0.677. The van der Waals surface area contributed by atoms with E-state index in [1.54, 1.807) is 6.08 Å². The van der Waals surface area contributed by atoms with Crippen LogP contribution in [0, 0.1) is 11.8 Å². The smallest absolute Gasteiger partial charge is 0.139 e. The van der Waals surface area contributed by atoms with Crippen molar-refractivity contribution in [3.05, 3.63) is 12.2 Å². The topological polar surface area (TPSA) is 37.3 Å². The largest absolute Gasteiger partial charge is 0.392 e. The van der Waals surface area contributed by atoms with Crippen LogP contribution < -0.4 is 0 Å². The number of hydrogen-bond donors (Lipinski definition) is 1. The second-order valence-corrected chi connectivity index (χ2v) is 3.82. The first kappa shape index (κ1) is 10.5. The minimum Gasteiger partial charge on any atom is -0.392 e. The third-order valence-corrected chi connectivity index (χ3v) is 2.77. The van der Waals surface area contributed by atoms with Gasteiger partial charge in [0.05, 0.1) is 6.61 Å². The molecule has 13 heavy (non-hydrogen) atoms. The fourth-order valence-corrected chi connectivity index (χ4v) is 1.93. The predicted octanol–water partition coefficient (Wildman–Crippen LogP) is 1.93. The molecule has 0 amide bonds. The van der Waals surface area contributed by atoms with Crippen LogP contribution >= 0.6 is 0 Å². The zero-order valence-electron chi connectivity index (χ0n) is 8.20. The van der Waals surface area contributed by atoms with Crippen molar-refractivity contribution in [2.75, 3.05) is 6.61 Å². The third-order valence-electron chi connectivity index (χ3n) is 2.77. The molecule has 0 bridgehead atoms. The lowest BCUT2D eigenvalue weighted by Gasteiger charge is -2.24. The third kappa shape index (κ3) is 2.96. The highest BCUT2D eigenvalue weighted by atomic mass is 16.2. The predicted molar refractivity (Wildman–Crippen MR) is 52.4 cm³/mol. The summed E-state index contributed by atoms with van der Waals surface area (Å²) in [5.74, 6) is 0.877. The fraction of sp³-hybridized carbons (Fsp3) is 0.727. The summed E-state index contributed by atoms with van der Waals surface area (Å²) in [5, 5.41) is 8.54. The van der Waals surface area contributed by atoms with Crippen molar-refractivity contribution in [2.24, 2.45) is 11.8 Å². The summed E-state index contributed by atoms with van der Waals surface area (Å²) in [6.45, 7) is 2.10. The molecule has 1 fully saturated rings. The molecule has 2 heteroatoms. The van der Waals surface area contributed by atoms with E-state index in [-0.39, 0.29) is 18.4 Å². The molecule has 0 heterocycles. The Morgan fingerprint density at radius 3 is 2.92 bits per heavy atom. The molecule has 2 unspecified atom stereocenters. The first-order valence-corrected chi connectivity index (χ1v) is 5.05. The van der Waals surface area contributed by atoms with Crippen molar-refractivity contribution < 1.29 is 9.90 Å². The number of allylic oxidation sites excluding steroid dienone is 1. The molecule has 0 aromatic carbocycles. The van der Waals surface area contributed by atoms with E-state index in [9.17, 15) is 4.79 Å². The molecule has 0 aromatic heterocycles. The van der Waals surface area contributed by atoms with Gasteiger partial charge in [-0.1, -0.05) is 25.5 Å². The maximum atomic E-state index is 11.6. The highest BCUT2D eigenvalue weighted by Gasteiger charge is 2.26. The molecular formula is C11H18O2. The number of ketones is 1. The summed E-state index contributed by atoms with van der Waals surface area (Å²) >= 11 is 0. The van der Waals surface area contributed by atoms with Gasteiger partial charge in [-0.05, 0) is 19.3 Å². The number of aliphatic hydroxyl groups is 1. The van der Waals surface area contributed by atoms with E-state index < -0.39 is 0 Å². The van der Waals surface area contributed by atoms with Gasteiger partial charge in [-0.25, -0.2) is 0 Å². The molecule has 2 nitrogen and oxygen atoms in total. The van der Waals surface area contributed by atoms with Crippen molar-refractivity contribution in [3.8, 4) is 0 Å². The van der Waals surface area contributed by atoms with Crippen LogP contribution in [0.4, 0.5) is 0 Å². The minimum absolute atomic E-state index is 0.0798. The highest BCUT2D eigenvalue weighted by molar-refractivity contribution is 5.83. The minimum atomic E-state index is 0.0798. The normalized spacial score (nSPS) is 29.8. The van der Waals surface area contributed by atoms with Crippen molar-refractivity contribution in [1.29, 1.82) is 0 Å². The van der Waals surface area contributed by atoms with Crippen LogP contribution in [0.3, 0.4) is 0 Å². The lowest BCUT2D eigenvalue weighted by atomic mass is 9.79. The van der Waals surface area contributed by atoms with Gasteiger partial charge in [-0.2, -0.15) is 0 Å². The molecule has 1 aliphatic rings. The monoisotopic (exact) mass is 182 g/mol. The Balaban J connectivity index is 2.39. The molecule has 1 aliphatic carbocycles. The number of hydrogen-bond acceptors (Lipinski definition) is 2. The Hall–Kier alpha value is -0.630. The zero-order chi connectivity index (χ0) is 9.68. The van der Waals surface area contributed by atoms with Crippen LogP contribution in [0.5, 0.6) is 0 Å². The van der Waals surface area contributed by atoms with E-state index in [0.717, 1.165) is 19.3 Å². The molecule has 0 saturated heterocycles. The van der Waals surface area contributed by atoms with Crippen LogP contribution in [0.25, 0.3) is 0 Å². The Kier molecular flexibility index (Phi) is 4.16. The second-order valence-electron chi connectivity index (χ2n) is 3.82. The van der Waals surface area contributed by atoms with E-state index in [1.807, 2.05) is 13.0 Å². The van der Waals surface area contributed by atoms with Crippen molar-refractivity contribution >= 4 is 5.78 Å². The second kappa shape index (κ2) is 5.18. The highest BCUT2D eigenvalue weighted by Crippen LogP contribution is 2.27. The van der Waals surface area contributed by atoms with E-state index >= 15 is 0 Å². The number of carbonyl (C=O) groups excluding carboxylic acids is 1. The van der Waals surface area contributed by atoms with Gasteiger partial charge in [0, 0.05) is 11.8 Å². The molecule has 1 saturated carbocycles. The van der Waals surface area contributed by atoms with E-state index in [4.69, 9.17) is 5.11 Å². The lowest BCUT2D eigenvalue weighted by molar-refractivity contribution is -0.128. The van der Waals surface area contributed by atoms with Gasteiger partial charge in [0.25, 0.3) is 0 Å². The average molecular weight is 182 g/mol. The standard InChI is InChI=1S/C11H18O2/c1-9-5-4-7-10(11(9)13)6-2-3-8-12/h2-3,9-10,12H,4-8H2,1H3/b3-2-. The molecule has 0 aromatic rings. The lowest BCUT2D eigenvalue weighted by Crippen LogP contribution is -2.26. The van der Waals surface area contributed by atoms with Crippen LogP contribution in [0.1, 0.15) is 32.6 Å². The van der Waals surface area contributed by atoms with Crippen molar-refractivity contribution in [2.45, 2.75) is 32.6 Å². The molecule has 1 rings (SSSR count). The maximum Gasteiger partial charge on any atom is 0.139 e. The van der Waals surface area contributed by atoms with Gasteiger partial charge in [0.15, 0.2) is 0 Å². The first-order chi connectivity index (χ1) is 6.25. The summed E-state index contributed by atoms with van der Waals surface area (Å²) < 4.78 is 0. The first-order valence-electron chi connectivity index (χ1n) is 5.05. The van der Waals surface area contributed by atoms with Gasteiger partial charge in [-0.3, -0.25) is 4.79 Å². The van der Waals surface area contributed by atoms with Gasteiger partial charge in [-0.15, -0.1) is 0 Å². The summed E-state index contributed by atoms with van der Waals surface area (Å²) in [5.41, 5.74) is 0. The Morgan fingerprint density at radius 1 is 1.46 bits per heavy atom. The molecule has 1 N–H and O–H groups in total. The number of rotatable bonds is 3. The molecular weight excluding hydrogens is 164 g/mol.